The van der Waals surface area contributed by atoms with Crippen LogP contribution < -0.4 is 5.32 Å². The lowest BCUT2D eigenvalue weighted by Crippen LogP contribution is -2.49. The molecule has 2 heterocycles. The number of carbonyl (C=O) groups excluding carboxylic acids is 1. The molecule has 5 heteroatoms. The first-order chi connectivity index (χ1) is 12.3. The van der Waals surface area contributed by atoms with Crippen LogP contribution in [0.4, 0.5) is 10.5 Å². The van der Waals surface area contributed by atoms with E-state index in [9.17, 15) is 4.79 Å². The Hall–Kier alpha value is -2.37. The first-order valence-electron chi connectivity index (χ1n) is 8.59. The highest BCUT2D eigenvalue weighted by molar-refractivity contribution is 7.19. The molecule has 1 saturated heterocycles. The number of thiophene rings is 1. The highest BCUT2D eigenvalue weighted by atomic mass is 32.1. The number of nitrogens with zero attached hydrogens (tertiary/aromatic N) is 2. The van der Waals surface area contributed by atoms with Crippen molar-refractivity contribution < 1.29 is 4.79 Å². The summed E-state index contributed by atoms with van der Waals surface area (Å²) in [5.74, 6) is 0. The summed E-state index contributed by atoms with van der Waals surface area (Å²) in [6.07, 6.45) is 0. The molecule has 128 valence electrons. The predicted molar refractivity (Wildman–Crippen MR) is 104 cm³/mol. The van der Waals surface area contributed by atoms with Crippen LogP contribution in [0.3, 0.4) is 0 Å². The van der Waals surface area contributed by atoms with Crippen molar-refractivity contribution in [3.8, 4) is 0 Å². The van der Waals surface area contributed by atoms with Gasteiger partial charge in [-0.3, -0.25) is 4.90 Å². The van der Waals surface area contributed by atoms with Crippen molar-refractivity contribution >= 4 is 33.1 Å². The maximum Gasteiger partial charge on any atom is 0.321 e. The number of benzene rings is 2. The molecule has 4 rings (SSSR count). The van der Waals surface area contributed by atoms with Gasteiger partial charge in [0, 0.05) is 48.0 Å². The minimum Gasteiger partial charge on any atom is -0.322 e. The van der Waals surface area contributed by atoms with E-state index in [1.165, 1.54) is 15.0 Å². The zero-order valence-corrected chi connectivity index (χ0v) is 14.8. The Balaban J connectivity index is 1.31. The van der Waals surface area contributed by atoms with Gasteiger partial charge in [-0.1, -0.05) is 36.4 Å². The summed E-state index contributed by atoms with van der Waals surface area (Å²) in [6, 6.07) is 20.4. The average molecular weight is 351 g/mol. The summed E-state index contributed by atoms with van der Waals surface area (Å²) in [5, 5.41) is 4.29. The van der Waals surface area contributed by atoms with E-state index in [1.54, 1.807) is 0 Å². The van der Waals surface area contributed by atoms with Gasteiger partial charge in [0.05, 0.1) is 0 Å². The van der Waals surface area contributed by atoms with Crippen molar-refractivity contribution in [1.82, 2.24) is 9.80 Å². The fourth-order valence-corrected chi connectivity index (χ4v) is 4.28. The molecule has 1 fully saturated rings. The second-order valence-corrected chi connectivity index (χ2v) is 7.48. The molecule has 1 aromatic heterocycles. The van der Waals surface area contributed by atoms with Crippen LogP contribution in [0.2, 0.25) is 0 Å². The van der Waals surface area contributed by atoms with Gasteiger partial charge in [-0.25, -0.2) is 4.79 Å². The molecule has 3 aromatic rings. The molecule has 0 saturated carbocycles. The zero-order valence-electron chi connectivity index (χ0n) is 14.0. The van der Waals surface area contributed by atoms with E-state index < -0.39 is 0 Å². The summed E-state index contributed by atoms with van der Waals surface area (Å²) < 4.78 is 1.35. The first kappa shape index (κ1) is 16.1. The van der Waals surface area contributed by atoms with Crippen LogP contribution in [-0.4, -0.2) is 42.0 Å². The van der Waals surface area contributed by atoms with E-state index >= 15 is 0 Å². The molecule has 0 bridgehead atoms. The number of carbonyl (C=O) groups is 1. The van der Waals surface area contributed by atoms with Crippen molar-refractivity contribution in [3.63, 3.8) is 0 Å². The smallest absolute Gasteiger partial charge is 0.321 e. The lowest BCUT2D eigenvalue weighted by Gasteiger charge is -2.34. The van der Waals surface area contributed by atoms with Crippen LogP contribution in [0.5, 0.6) is 0 Å². The van der Waals surface area contributed by atoms with Crippen molar-refractivity contribution in [1.29, 1.82) is 0 Å². The summed E-state index contributed by atoms with van der Waals surface area (Å²) in [7, 11) is 0. The Kier molecular flexibility index (Phi) is 4.68. The zero-order chi connectivity index (χ0) is 17.1. The van der Waals surface area contributed by atoms with Gasteiger partial charge in [-0.2, -0.15) is 0 Å². The van der Waals surface area contributed by atoms with Crippen LogP contribution in [-0.2, 0) is 6.54 Å². The molecule has 0 unspecified atom stereocenters. The van der Waals surface area contributed by atoms with Gasteiger partial charge in [-0.05, 0) is 29.7 Å². The highest BCUT2D eigenvalue weighted by Gasteiger charge is 2.21. The fourth-order valence-electron chi connectivity index (χ4n) is 3.17. The maximum absolute atomic E-state index is 12.3. The van der Waals surface area contributed by atoms with Gasteiger partial charge in [0.15, 0.2) is 0 Å². The number of nitrogens with one attached hydrogen (secondary N) is 1. The van der Waals surface area contributed by atoms with Crippen molar-refractivity contribution in [2.45, 2.75) is 6.54 Å². The van der Waals surface area contributed by atoms with Gasteiger partial charge in [0.2, 0.25) is 0 Å². The third-order valence-electron chi connectivity index (χ3n) is 4.54. The third-order valence-corrected chi connectivity index (χ3v) is 5.64. The molecule has 0 spiro atoms. The molecule has 2 amide bonds. The Bertz CT molecular complexity index is 821. The molecule has 1 aliphatic heterocycles. The summed E-state index contributed by atoms with van der Waals surface area (Å²) in [5.41, 5.74) is 0.847. The molecule has 0 atom stereocenters. The molecule has 25 heavy (non-hydrogen) atoms. The van der Waals surface area contributed by atoms with Gasteiger partial charge in [-0.15, -0.1) is 11.3 Å². The number of urea groups is 1. The van der Waals surface area contributed by atoms with Gasteiger partial charge in [0.25, 0.3) is 0 Å². The summed E-state index contributed by atoms with van der Waals surface area (Å²) in [6.45, 7) is 4.33. The Morgan fingerprint density at radius 1 is 0.960 bits per heavy atom. The number of hydrogen-bond donors (Lipinski definition) is 1. The number of hydrogen-bond acceptors (Lipinski definition) is 3. The monoisotopic (exact) mass is 351 g/mol. The number of anilines is 1. The maximum atomic E-state index is 12.3. The minimum absolute atomic E-state index is 0.00675. The lowest BCUT2D eigenvalue weighted by molar-refractivity contribution is 0.143. The van der Waals surface area contributed by atoms with Gasteiger partial charge < -0.3 is 10.2 Å². The number of para-hydroxylation sites is 1. The first-order valence-corrected chi connectivity index (χ1v) is 9.40. The van der Waals surface area contributed by atoms with E-state index in [0.29, 0.717) is 0 Å². The average Bonchev–Trinajstić information content (AvgIpc) is 3.05. The fraction of sp³-hybridized carbons (Fsp3) is 0.250. The Morgan fingerprint density at radius 3 is 2.44 bits per heavy atom. The normalized spacial score (nSPS) is 15.4. The standard InChI is InChI=1S/C20H21N3OS/c24-20(21-17-7-2-1-3-8-17)23-12-10-22(11-13-23)15-18-14-16-6-4-5-9-19(16)25-18/h1-9,14H,10-13,15H2,(H,21,24). The van der Waals surface area contributed by atoms with E-state index in [4.69, 9.17) is 0 Å². The summed E-state index contributed by atoms with van der Waals surface area (Å²) >= 11 is 1.87. The van der Waals surface area contributed by atoms with Gasteiger partial charge in [0.1, 0.15) is 0 Å². The third kappa shape index (κ3) is 3.83. The molecule has 0 aliphatic carbocycles. The number of fused-ring (bicyclic) bond motifs is 1. The molecular weight excluding hydrogens is 330 g/mol. The number of piperazine rings is 1. The quantitative estimate of drug-likeness (QED) is 0.766. The van der Waals surface area contributed by atoms with Crippen LogP contribution in [0.1, 0.15) is 4.88 Å². The van der Waals surface area contributed by atoms with E-state index in [2.05, 4.69) is 40.5 Å². The van der Waals surface area contributed by atoms with E-state index in [-0.39, 0.29) is 6.03 Å². The van der Waals surface area contributed by atoms with E-state index in [1.807, 2.05) is 46.6 Å². The highest BCUT2D eigenvalue weighted by Crippen LogP contribution is 2.26. The lowest BCUT2D eigenvalue weighted by atomic mass is 10.2. The van der Waals surface area contributed by atoms with Crippen molar-refractivity contribution in [2.24, 2.45) is 0 Å². The SMILES string of the molecule is O=C(Nc1ccccc1)N1CCN(Cc2cc3ccccc3s2)CC1. The molecule has 0 radical (unpaired) electrons. The molecular formula is C20H21N3OS. The molecule has 4 nitrogen and oxygen atoms in total. The Labute approximate surface area is 151 Å². The van der Waals surface area contributed by atoms with Gasteiger partial charge >= 0.3 is 6.03 Å². The van der Waals surface area contributed by atoms with Crippen LogP contribution in [0, 0.1) is 0 Å². The minimum atomic E-state index is -0.00675. The number of rotatable bonds is 3. The second-order valence-electron chi connectivity index (χ2n) is 6.31. The predicted octanol–water partition coefficient (Wildman–Crippen LogP) is 4.25. The molecule has 1 aliphatic rings. The largest absolute Gasteiger partial charge is 0.322 e. The van der Waals surface area contributed by atoms with E-state index in [0.717, 1.165) is 38.4 Å². The van der Waals surface area contributed by atoms with Crippen LogP contribution in [0.15, 0.2) is 60.7 Å². The molecule has 2 aromatic carbocycles. The van der Waals surface area contributed by atoms with Crippen LogP contribution >= 0.6 is 11.3 Å². The molecule has 1 N–H and O–H groups in total. The van der Waals surface area contributed by atoms with Crippen molar-refractivity contribution in [3.05, 3.63) is 65.5 Å². The Morgan fingerprint density at radius 2 is 1.68 bits per heavy atom. The second kappa shape index (κ2) is 7.25. The van der Waals surface area contributed by atoms with Crippen molar-refractivity contribution in [2.75, 3.05) is 31.5 Å². The summed E-state index contributed by atoms with van der Waals surface area (Å²) in [4.78, 5) is 18.1. The topological polar surface area (TPSA) is 35.6 Å². The van der Waals surface area contributed by atoms with Crippen LogP contribution in [0.25, 0.3) is 10.1 Å². The number of amides is 2.